The van der Waals surface area contributed by atoms with Gasteiger partial charge in [0.1, 0.15) is 4.90 Å². The maximum Gasteiger partial charge on any atom is 0.246 e. The molecule has 9 nitrogen and oxygen atoms in total. The van der Waals surface area contributed by atoms with E-state index in [9.17, 15) is 16.8 Å². The number of hydrogen-bond donors (Lipinski definition) is 1. The van der Waals surface area contributed by atoms with Gasteiger partial charge >= 0.3 is 0 Å². The zero-order valence-electron chi connectivity index (χ0n) is 13.4. The number of methoxy groups -OCH3 is 1. The molecule has 0 atom stereocenters. The molecule has 0 spiro atoms. The van der Waals surface area contributed by atoms with E-state index in [1.54, 1.807) is 13.8 Å². The van der Waals surface area contributed by atoms with Crippen LogP contribution in [0.2, 0.25) is 0 Å². The largest absolute Gasteiger partial charge is 0.384 e. The van der Waals surface area contributed by atoms with Crippen LogP contribution < -0.4 is 0 Å². The maximum absolute atomic E-state index is 12.7. The van der Waals surface area contributed by atoms with Gasteiger partial charge in [-0.1, -0.05) is 0 Å². The van der Waals surface area contributed by atoms with Crippen molar-refractivity contribution in [2.45, 2.75) is 18.7 Å². The summed E-state index contributed by atoms with van der Waals surface area (Å²) in [6.07, 6.45) is 0. The van der Waals surface area contributed by atoms with E-state index in [1.807, 2.05) is 0 Å². The van der Waals surface area contributed by atoms with E-state index < -0.39 is 20.0 Å². The Morgan fingerprint density at radius 1 is 1.09 bits per heavy atom. The highest BCUT2D eigenvalue weighted by Gasteiger charge is 2.35. The van der Waals surface area contributed by atoms with Crippen LogP contribution in [-0.4, -0.2) is 81.3 Å². The van der Waals surface area contributed by atoms with E-state index >= 15 is 0 Å². The summed E-state index contributed by atoms with van der Waals surface area (Å²) < 4.78 is 57.0. The number of rotatable bonds is 6. The highest BCUT2D eigenvalue weighted by atomic mass is 32.2. The Hall–Kier alpha value is -1.01. The molecule has 1 aromatic heterocycles. The van der Waals surface area contributed by atoms with Crippen molar-refractivity contribution < 1.29 is 21.6 Å². The van der Waals surface area contributed by atoms with Gasteiger partial charge < -0.3 is 4.74 Å². The lowest BCUT2D eigenvalue weighted by Crippen LogP contribution is -2.51. The summed E-state index contributed by atoms with van der Waals surface area (Å²) in [6, 6.07) is 0. The predicted octanol–water partition coefficient (Wildman–Crippen LogP) is -0.691. The van der Waals surface area contributed by atoms with Crippen LogP contribution in [0.25, 0.3) is 0 Å². The van der Waals surface area contributed by atoms with Gasteiger partial charge in [-0.05, 0) is 13.8 Å². The molecule has 0 radical (unpaired) electrons. The summed E-state index contributed by atoms with van der Waals surface area (Å²) in [4.78, 5) is 0.174. The molecule has 0 aromatic carbocycles. The molecule has 132 valence electrons. The first kappa shape index (κ1) is 18.3. The molecule has 1 aliphatic heterocycles. The zero-order chi connectivity index (χ0) is 17.3. The van der Waals surface area contributed by atoms with Crippen LogP contribution in [0.5, 0.6) is 0 Å². The van der Waals surface area contributed by atoms with Crippen LogP contribution >= 0.6 is 0 Å². The topological polar surface area (TPSA) is 113 Å². The number of sulfonamides is 2. The standard InChI is InChI=1S/C12H22N4O5S2/c1-10-12(11(2)14-13-10)23(19,20)16-6-4-15(5-7-16)22(17,18)9-8-21-3/h4-9H2,1-3H3,(H,13,14). The van der Waals surface area contributed by atoms with Crippen LogP contribution in [-0.2, 0) is 24.8 Å². The minimum absolute atomic E-state index is 0.101. The molecule has 1 aliphatic rings. The Bertz CT molecular complexity index is 729. The van der Waals surface area contributed by atoms with Gasteiger partial charge in [-0.2, -0.15) is 13.7 Å². The number of ether oxygens (including phenoxy) is 1. The van der Waals surface area contributed by atoms with Crippen LogP contribution in [0.15, 0.2) is 4.90 Å². The average Bonchev–Trinajstić information content (AvgIpc) is 2.85. The van der Waals surface area contributed by atoms with Crippen LogP contribution in [0.1, 0.15) is 11.4 Å². The number of piperazine rings is 1. The van der Waals surface area contributed by atoms with Gasteiger partial charge in [-0.3, -0.25) is 5.10 Å². The smallest absolute Gasteiger partial charge is 0.246 e. The fourth-order valence-corrected chi connectivity index (χ4v) is 5.66. The molecular formula is C12H22N4O5S2. The van der Waals surface area contributed by atoms with Crippen molar-refractivity contribution in [2.24, 2.45) is 0 Å². The maximum atomic E-state index is 12.7. The Morgan fingerprint density at radius 3 is 2.13 bits per heavy atom. The molecule has 2 heterocycles. The van der Waals surface area contributed by atoms with Gasteiger partial charge in [0.15, 0.2) is 0 Å². The van der Waals surface area contributed by atoms with E-state index in [0.29, 0.717) is 11.4 Å². The van der Waals surface area contributed by atoms with Crippen molar-refractivity contribution in [1.29, 1.82) is 0 Å². The molecule has 1 saturated heterocycles. The molecule has 11 heteroatoms. The fraction of sp³-hybridized carbons (Fsp3) is 0.750. The van der Waals surface area contributed by atoms with E-state index in [4.69, 9.17) is 4.74 Å². The van der Waals surface area contributed by atoms with Crippen LogP contribution in [0.3, 0.4) is 0 Å². The van der Waals surface area contributed by atoms with Gasteiger partial charge in [0, 0.05) is 33.3 Å². The first-order chi connectivity index (χ1) is 10.7. The molecule has 0 amide bonds. The van der Waals surface area contributed by atoms with Crippen molar-refractivity contribution in [3.05, 3.63) is 11.4 Å². The van der Waals surface area contributed by atoms with Gasteiger partial charge in [0.25, 0.3) is 0 Å². The van der Waals surface area contributed by atoms with Crippen LogP contribution in [0, 0.1) is 13.8 Å². The zero-order valence-corrected chi connectivity index (χ0v) is 15.1. The lowest BCUT2D eigenvalue weighted by Gasteiger charge is -2.33. The van der Waals surface area contributed by atoms with E-state index in [1.165, 1.54) is 15.7 Å². The van der Waals surface area contributed by atoms with Crippen molar-refractivity contribution in [2.75, 3.05) is 45.6 Å². The molecule has 0 unspecified atom stereocenters. The minimum atomic E-state index is -3.67. The number of nitrogens with zero attached hydrogens (tertiary/aromatic N) is 3. The van der Waals surface area contributed by atoms with Crippen molar-refractivity contribution in [3.63, 3.8) is 0 Å². The quantitative estimate of drug-likeness (QED) is 0.713. The Kier molecular flexibility index (Phi) is 5.46. The third kappa shape index (κ3) is 3.74. The third-order valence-electron chi connectivity index (χ3n) is 3.79. The predicted molar refractivity (Wildman–Crippen MR) is 84.1 cm³/mol. The fourth-order valence-electron chi connectivity index (χ4n) is 2.56. The number of H-pyrrole nitrogens is 1. The van der Waals surface area contributed by atoms with Gasteiger partial charge in [-0.25, -0.2) is 16.8 Å². The number of aromatic amines is 1. The van der Waals surface area contributed by atoms with Crippen molar-refractivity contribution >= 4 is 20.0 Å². The second-order valence-corrected chi connectivity index (χ2v) is 9.34. The summed E-state index contributed by atoms with van der Waals surface area (Å²) in [5.74, 6) is -0.101. The first-order valence-corrected chi connectivity index (χ1v) is 10.2. The molecule has 1 aromatic rings. The number of hydrogen-bond acceptors (Lipinski definition) is 6. The lowest BCUT2D eigenvalue weighted by molar-refractivity contribution is 0.213. The van der Waals surface area contributed by atoms with Crippen molar-refractivity contribution in [3.8, 4) is 0 Å². The van der Waals surface area contributed by atoms with E-state index in [-0.39, 0.29) is 43.4 Å². The Labute approximate surface area is 136 Å². The lowest BCUT2D eigenvalue weighted by atomic mass is 10.4. The number of aromatic nitrogens is 2. The summed E-state index contributed by atoms with van der Waals surface area (Å²) >= 11 is 0. The Balaban J connectivity index is 2.10. The number of nitrogens with one attached hydrogen (secondary N) is 1. The van der Waals surface area contributed by atoms with E-state index in [2.05, 4.69) is 10.2 Å². The molecule has 0 aliphatic carbocycles. The Morgan fingerprint density at radius 2 is 1.65 bits per heavy atom. The molecule has 1 fully saturated rings. The molecule has 0 bridgehead atoms. The molecule has 23 heavy (non-hydrogen) atoms. The average molecular weight is 366 g/mol. The second-order valence-electron chi connectivity index (χ2n) is 5.38. The third-order valence-corrected chi connectivity index (χ3v) is 7.79. The first-order valence-electron chi connectivity index (χ1n) is 7.18. The summed E-state index contributed by atoms with van der Waals surface area (Å²) in [6.45, 7) is 3.92. The molecule has 0 saturated carbocycles. The highest BCUT2D eigenvalue weighted by molar-refractivity contribution is 7.89. The highest BCUT2D eigenvalue weighted by Crippen LogP contribution is 2.23. The van der Waals surface area contributed by atoms with Gasteiger partial charge in [0.05, 0.1) is 23.7 Å². The summed E-state index contributed by atoms with van der Waals surface area (Å²) in [7, 11) is -5.65. The van der Waals surface area contributed by atoms with E-state index in [0.717, 1.165) is 0 Å². The SMILES string of the molecule is COCCS(=O)(=O)N1CCN(S(=O)(=O)c2c(C)n[nH]c2C)CC1. The monoisotopic (exact) mass is 366 g/mol. The van der Waals surface area contributed by atoms with Gasteiger partial charge in [-0.15, -0.1) is 0 Å². The minimum Gasteiger partial charge on any atom is -0.384 e. The van der Waals surface area contributed by atoms with Crippen LogP contribution in [0.4, 0.5) is 0 Å². The normalized spacial score (nSPS) is 18.4. The second kappa shape index (κ2) is 6.85. The van der Waals surface area contributed by atoms with Gasteiger partial charge in [0.2, 0.25) is 20.0 Å². The summed E-state index contributed by atoms with van der Waals surface area (Å²) in [5, 5.41) is 6.58. The van der Waals surface area contributed by atoms with Crippen molar-refractivity contribution in [1.82, 2.24) is 18.8 Å². The molecule has 1 N–H and O–H groups in total. The molecular weight excluding hydrogens is 344 g/mol. The summed E-state index contributed by atoms with van der Waals surface area (Å²) in [5.41, 5.74) is 0.898. The molecule has 2 rings (SSSR count). The number of aryl methyl sites for hydroxylation is 2.